The molecule has 2 aromatic carbocycles. The number of aromatic nitrogens is 2. The summed E-state index contributed by atoms with van der Waals surface area (Å²) in [6, 6.07) is 8.42. The summed E-state index contributed by atoms with van der Waals surface area (Å²) >= 11 is 0. The number of carboxylic acid groups (broad SMARTS) is 1. The number of hydrogen-bond acceptors (Lipinski definition) is 5. The lowest BCUT2D eigenvalue weighted by Crippen LogP contribution is -2.25. The van der Waals surface area contributed by atoms with Gasteiger partial charge < -0.3 is 9.84 Å². The van der Waals surface area contributed by atoms with Gasteiger partial charge in [0.2, 0.25) is 0 Å². The molecule has 1 heterocycles. The largest absolute Gasteiger partial charge is 0.478 e. The van der Waals surface area contributed by atoms with Crippen LogP contribution in [0.15, 0.2) is 36.5 Å². The van der Waals surface area contributed by atoms with Crippen molar-refractivity contribution < 1.29 is 19.4 Å². The van der Waals surface area contributed by atoms with Gasteiger partial charge >= 0.3 is 11.9 Å². The van der Waals surface area contributed by atoms with E-state index in [1.54, 1.807) is 45.2 Å². The first-order valence-corrected chi connectivity index (χ1v) is 7.40. The van der Waals surface area contributed by atoms with E-state index in [4.69, 9.17) is 4.74 Å². The van der Waals surface area contributed by atoms with Gasteiger partial charge in [0.25, 0.3) is 0 Å². The van der Waals surface area contributed by atoms with Gasteiger partial charge in [-0.1, -0.05) is 0 Å². The quantitative estimate of drug-likeness (QED) is 0.574. The fourth-order valence-electron chi connectivity index (χ4n) is 2.46. The third kappa shape index (κ3) is 3.03. The summed E-state index contributed by atoms with van der Waals surface area (Å²) in [4.78, 5) is 23.9. The van der Waals surface area contributed by atoms with E-state index in [1.165, 1.54) is 6.07 Å². The van der Waals surface area contributed by atoms with Crippen LogP contribution in [0, 0.1) is 0 Å². The maximum absolute atomic E-state index is 12.4. The molecule has 6 heteroatoms. The fourth-order valence-corrected chi connectivity index (χ4v) is 2.46. The number of carbonyl (C=O) groups excluding carboxylic acids is 1. The van der Waals surface area contributed by atoms with E-state index >= 15 is 0 Å². The van der Waals surface area contributed by atoms with Crippen molar-refractivity contribution in [2.45, 2.75) is 26.4 Å². The minimum atomic E-state index is -1.18. The van der Waals surface area contributed by atoms with Crippen LogP contribution in [0.2, 0.25) is 0 Å². The minimum Gasteiger partial charge on any atom is -0.478 e. The Balaban J connectivity index is 2.23. The van der Waals surface area contributed by atoms with E-state index in [0.29, 0.717) is 10.9 Å². The number of carboxylic acids is 1. The normalized spacial score (nSPS) is 11.6. The monoisotopic (exact) mass is 324 g/mol. The van der Waals surface area contributed by atoms with Crippen molar-refractivity contribution in [3.8, 4) is 0 Å². The Kier molecular flexibility index (Phi) is 3.67. The molecule has 0 aliphatic heterocycles. The number of benzene rings is 2. The highest BCUT2D eigenvalue weighted by atomic mass is 16.6. The Morgan fingerprint density at radius 3 is 2.33 bits per heavy atom. The zero-order valence-electron chi connectivity index (χ0n) is 13.5. The van der Waals surface area contributed by atoms with Crippen LogP contribution in [0.3, 0.4) is 0 Å². The van der Waals surface area contributed by atoms with Gasteiger partial charge in [-0.05, 0) is 61.9 Å². The molecule has 1 aromatic heterocycles. The number of nitrogens with zero attached hydrogens (tertiary/aromatic N) is 2. The van der Waals surface area contributed by atoms with Crippen molar-refractivity contribution in [2.75, 3.05) is 0 Å². The summed E-state index contributed by atoms with van der Waals surface area (Å²) < 4.78 is 5.33. The molecular formula is C18H16N2O4. The molecule has 0 atom stereocenters. The molecule has 0 spiro atoms. The summed E-state index contributed by atoms with van der Waals surface area (Å²) in [6.07, 6.45) is 1.58. The molecule has 0 amide bonds. The zero-order valence-corrected chi connectivity index (χ0v) is 13.5. The average molecular weight is 324 g/mol. The average Bonchev–Trinajstić information content (AvgIpc) is 2.49. The first-order valence-electron chi connectivity index (χ1n) is 7.40. The van der Waals surface area contributed by atoms with Crippen LogP contribution in [0.1, 0.15) is 41.5 Å². The SMILES string of the molecule is CC(C)(C)OC(=O)c1cc2cc3ccnnc3cc2cc1C(=O)O. The fraction of sp³-hybridized carbons (Fsp3) is 0.222. The Hall–Kier alpha value is -3.02. The van der Waals surface area contributed by atoms with Gasteiger partial charge in [-0.25, -0.2) is 9.59 Å². The first-order chi connectivity index (χ1) is 11.2. The molecule has 0 radical (unpaired) electrons. The summed E-state index contributed by atoms with van der Waals surface area (Å²) in [7, 11) is 0. The number of aromatic carboxylic acids is 1. The van der Waals surface area contributed by atoms with E-state index in [9.17, 15) is 14.7 Å². The number of hydrogen-bond donors (Lipinski definition) is 1. The molecule has 0 saturated heterocycles. The van der Waals surface area contributed by atoms with Crippen LogP contribution < -0.4 is 0 Å². The number of carbonyl (C=O) groups is 2. The van der Waals surface area contributed by atoms with Gasteiger partial charge in [0, 0.05) is 5.39 Å². The van der Waals surface area contributed by atoms with Crippen LogP contribution in [0.4, 0.5) is 0 Å². The van der Waals surface area contributed by atoms with Gasteiger partial charge in [0.05, 0.1) is 22.8 Å². The predicted octanol–water partition coefficient (Wildman–Crippen LogP) is 3.44. The van der Waals surface area contributed by atoms with E-state index in [1.807, 2.05) is 6.07 Å². The highest BCUT2D eigenvalue weighted by molar-refractivity contribution is 6.08. The van der Waals surface area contributed by atoms with E-state index in [-0.39, 0.29) is 11.1 Å². The summed E-state index contributed by atoms with van der Waals surface area (Å²) in [5, 5.41) is 19.6. The summed E-state index contributed by atoms with van der Waals surface area (Å²) in [6.45, 7) is 5.20. The molecule has 1 N–H and O–H groups in total. The standard InChI is InChI=1S/C18H16N2O4/c1-18(2,3)24-17(23)14-8-11-6-10-4-5-19-20-15(10)9-12(11)7-13(14)16(21)22/h4-9H,1-3H3,(H,21,22). The number of rotatable bonds is 2. The lowest BCUT2D eigenvalue weighted by Gasteiger charge is -2.20. The third-order valence-corrected chi connectivity index (χ3v) is 3.46. The Labute approximate surface area is 138 Å². The highest BCUT2D eigenvalue weighted by Crippen LogP contribution is 2.26. The Morgan fingerprint density at radius 2 is 1.67 bits per heavy atom. The number of esters is 1. The molecule has 24 heavy (non-hydrogen) atoms. The molecule has 0 unspecified atom stereocenters. The first kappa shape index (κ1) is 15.9. The topological polar surface area (TPSA) is 89.4 Å². The van der Waals surface area contributed by atoms with Crippen molar-refractivity contribution >= 4 is 33.6 Å². The van der Waals surface area contributed by atoms with Crippen molar-refractivity contribution in [1.82, 2.24) is 10.2 Å². The Morgan fingerprint density at radius 1 is 1.00 bits per heavy atom. The molecule has 0 saturated carbocycles. The lowest BCUT2D eigenvalue weighted by atomic mass is 9.99. The van der Waals surface area contributed by atoms with Gasteiger partial charge in [-0.2, -0.15) is 10.2 Å². The molecule has 3 aromatic rings. The maximum Gasteiger partial charge on any atom is 0.339 e. The third-order valence-electron chi connectivity index (χ3n) is 3.46. The van der Waals surface area contributed by atoms with Crippen LogP contribution in [0.5, 0.6) is 0 Å². The molecule has 0 aliphatic carbocycles. The lowest BCUT2D eigenvalue weighted by molar-refractivity contribution is 0.00660. The second-order valence-corrected chi connectivity index (χ2v) is 6.49. The minimum absolute atomic E-state index is 0.0336. The van der Waals surface area contributed by atoms with Crippen molar-refractivity contribution in [3.63, 3.8) is 0 Å². The second kappa shape index (κ2) is 5.56. The molecule has 0 bridgehead atoms. The Bertz CT molecular complexity index is 974. The van der Waals surface area contributed by atoms with Gasteiger partial charge in [-0.3, -0.25) is 0 Å². The zero-order chi connectivity index (χ0) is 17.5. The molecule has 0 fully saturated rings. The summed E-state index contributed by atoms with van der Waals surface area (Å²) in [5.74, 6) is -1.84. The van der Waals surface area contributed by atoms with Crippen molar-refractivity contribution in [2.24, 2.45) is 0 Å². The molecular weight excluding hydrogens is 308 g/mol. The van der Waals surface area contributed by atoms with Crippen molar-refractivity contribution in [1.29, 1.82) is 0 Å². The van der Waals surface area contributed by atoms with E-state index < -0.39 is 17.5 Å². The molecule has 0 aliphatic rings. The maximum atomic E-state index is 12.4. The summed E-state index contributed by atoms with van der Waals surface area (Å²) in [5.41, 5.74) is -0.113. The smallest absolute Gasteiger partial charge is 0.339 e. The predicted molar refractivity (Wildman–Crippen MR) is 89.2 cm³/mol. The van der Waals surface area contributed by atoms with Crippen LogP contribution >= 0.6 is 0 Å². The van der Waals surface area contributed by atoms with E-state index in [2.05, 4.69) is 10.2 Å². The molecule has 122 valence electrons. The van der Waals surface area contributed by atoms with Crippen molar-refractivity contribution in [3.05, 3.63) is 47.7 Å². The van der Waals surface area contributed by atoms with Crippen LogP contribution in [-0.2, 0) is 4.74 Å². The highest BCUT2D eigenvalue weighted by Gasteiger charge is 2.23. The molecule has 3 rings (SSSR count). The van der Waals surface area contributed by atoms with Gasteiger partial charge in [-0.15, -0.1) is 0 Å². The van der Waals surface area contributed by atoms with Gasteiger partial charge in [0.15, 0.2) is 0 Å². The van der Waals surface area contributed by atoms with Gasteiger partial charge in [0.1, 0.15) is 5.60 Å². The number of ether oxygens (including phenoxy) is 1. The second-order valence-electron chi connectivity index (χ2n) is 6.49. The van der Waals surface area contributed by atoms with Crippen LogP contribution in [-0.4, -0.2) is 32.8 Å². The van der Waals surface area contributed by atoms with Crippen LogP contribution in [0.25, 0.3) is 21.7 Å². The number of fused-ring (bicyclic) bond motifs is 2. The van der Waals surface area contributed by atoms with E-state index in [0.717, 1.165) is 10.8 Å². The molecule has 6 nitrogen and oxygen atoms in total.